The highest BCUT2D eigenvalue weighted by atomic mass is 32.1. The van der Waals surface area contributed by atoms with Crippen molar-refractivity contribution in [1.82, 2.24) is 10.7 Å². The third kappa shape index (κ3) is 4.39. The first kappa shape index (κ1) is 17.6. The van der Waals surface area contributed by atoms with Crippen LogP contribution in [-0.2, 0) is 4.74 Å². The number of hydrogen-bond acceptors (Lipinski definition) is 4. The van der Waals surface area contributed by atoms with Crippen molar-refractivity contribution >= 4 is 23.0 Å². The summed E-state index contributed by atoms with van der Waals surface area (Å²) >= 11 is 5.15. The van der Waals surface area contributed by atoms with Gasteiger partial charge in [-0.3, -0.25) is 5.43 Å². The molecule has 0 heterocycles. The number of benzene rings is 1. The van der Waals surface area contributed by atoms with Crippen molar-refractivity contribution in [3.63, 3.8) is 0 Å². The molecule has 0 saturated heterocycles. The summed E-state index contributed by atoms with van der Waals surface area (Å²) in [6.45, 7) is 5.93. The number of rotatable bonds is 6. The largest absolute Gasteiger partial charge is 0.507 e. The minimum Gasteiger partial charge on any atom is -0.507 e. The summed E-state index contributed by atoms with van der Waals surface area (Å²) in [5, 5.41) is 17.7. The molecule has 0 unspecified atom stereocenters. The highest BCUT2D eigenvalue weighted by Crippen LogP contribution is 2.39. The third-order valence-electron chi connectivity index (χ3n) is 3.70. The molecule has 0 spiro atoms. The van der Waals surface area contributed by atoms with Gasteiger partial charge in [-0.25, -0.2) is 4.39 Å². The quantitative estimate of drug-likeness (QED) is 0.422. The number of ether oxygens (including phenoxy) is 1. The number of aromatic hydroxyl groups is 1. The zero-order valence-electron chi connectivity index (χ0n) is 13.4. The smallest absolute Gasteiger partial charge is 0.186 e. The minimum atomic E-state index is -0.313. The number of nitrogens with one attached hydrogen (secondary N) is 2. The monoisotopic (exact) mass is 339 g/mol. The van der Waals surface area contributed by atoms with Crippen LogP contribution >= 0.6 is 12.2 Å². The van der Waals surface area contributed by atoms with Crippen molar-refractivity contribution in [2.45, 2.75) is 32.6 Å². The second-order valence-corrected chi connectivity index (χ2v) is 5.85. The number of thiocarbonyl (C=S) groups is 1. The van der Waals surface area contributed by atoms with Crippen LogP contribution in [0, 0.1) is 5.82 Å². The lowest BCUT2D eigenvalue weighted by molar-refractivity contribution is 0.145. The lowest BCUT2D eigenvalue weighted by atomic mass is 10.0. The molecule has 126 valence electrons. The van der Waals surface area contributed by atoms with Crippen molar-refractivity contribution in [3.05, 3.63) is 29.1 Å². The van der Waals surface area contributed by atoms with Gasteiger partial charge in [0.15, 0.2) is 5.11 Å². The van der Waals surface area contributed by atoms with E-state index in [0.717, 1.165) is 6.42 Å². The molecule has 1 aromatic carbocycles. The van der Waals surface area contributed by atoms with Gasteiger partial charge >= 0.3 is 0 Å². The molecule has 1 aliphatic rings. The maximum Gasteiger partial charge on any atom is 0.186 e. The van der Waals surface area contributed by atoms with Crippen molar-refractivity contribution in [3.8, 4) is 5.75 Å². The van der Waals surface area contributed by atoms with Crippen LogP contribution in [0.3, 0.4) is 0 Å². The summed E-state index contributed by atoms with van der Waals surface area (Å²) in [7, 11) is 0. The van der Waals surface area contributed by atoms with Gasteiger partial charge in [-0.05, 0) is 50.0 Å². The van der Waals surface area contributed by atoms with E-state index in [1.54, 1.807) is 0 Å². The highest BCUT2D eigenvalue weighted by Gasteiger charge is 2.30. The molecule has 0 fully saturated rings. The highest BCUT2D eigenvalue weighted by molar-refractivity contribution is 7.80. The van der Waals surface area contributed by atoms with Crippen molar-refractivity contribution in [1.29, 1.82) is 0 Å². The molecule has 0 aliphatic heterocycles. The Bertz CT molecular complexity index is 607. The van der Waals surface area contributed by atoms with E-state index in [9.17, 15) is 9.50 Å². The molecular formula is C16H22FN3O2S. The summed E-state index contributed by atoms with van der Waals surface area (Å²) in [6.07, 6.45) is 1.40. The van der Waals surface area contributed by atoms with Crippen LogP contribution in [0.2, 0.25) is 0 Å². The van der Waals surface area contributed by atoms with Crippen molar-refractivity contribution in [2.75, 3.05) is 19.8 Å². The molecule has 7 heteroatoms. The Balaban J connectivity index is 1.95. The van der Waals surface area contributed by atoms with Gasteiger partial charge in [0.1, 0.15) is 11.6 Å². The van der Waals surface area contributed by atoms with Gasteiger partial charge in [-0.15, -0.1) is 0 Å². The molecular weight excluding hydrogens is 317 g/mol. The number of hydrogen-bond donors (Lipinski definition) is 3. The van der Waals surface area contributed by atoms with E-state index in [-0.39, 0.29) is 17.5 Å². The lowest BCUT2D eigenvalue weighted by Gasteiger charge is -2.08. The molecule has 1 aliphatic carbocycles. The molecule has 0 amide bonds. The maximum atomic E-state index is 13.9. The van der Waals surface area contributed by atoms with Crippen LogP contribution in [-0.4, -0.2) is 35.7 Å². The summed E-state index contributed by atoms with van der Waals surface area (Å²) in [5.41, 5.74) is 4.36. The minimum absolute atomic E-state index is 0.0228. The van der Waals surface area contributed by atoms with E-state index in [1.165, 1.54) is 12.1 Å². The van der Waals surface area contributed by atoms with Gasteiger partial charge in [0.2, 0.25) is 0 Å². The summed E-state index contributed by atoms with van der Waals surface area (Å²) in [6, 6.07) is 2.64. The van der Waals surface area contributed by atoms with Gasteiger partial charge in [0.25, 0.3) is 0 Å². The van der Waals surface area contributed by atoms with Crippen LogP contribution in [0.25, 0.3) is 0 Å². The topological polar surface area (TPSA) is 65.9 Å². The Morgan fingerprint density at radius 3 is 3.04 bits per heavy atom. The molecule has 0 radical (unpaired) electrons. The van der Waals surface area contributed by atoms with Crippen LogP contribution in [0.1, 0.15) is 43.7 Å². The van der Waals surface area contributed by atoms with E-state index < -0.39 is 0 Å². The second kappa shape index (κ2) is 8.21. The summed E-state index contributed by atoms with van der Waals surface area (Å²) in [5.74, 6) is -0.292. The number of halogens is 1. The fraction of sp³-hybridized carbons (Fsp3) is 0.500. The second-order valence-electron chi connectivity index (χ2n) is 5.44. The predicted molar refractivity (Wildman–Crippen MR) is 92.5 cm³/mol. The van der Waals surface area contributed by atoms with Gasteiger partial charge in [-0.1, -0.05) is 6.92 Å². The third-order valence-corrected chi connectivity index (χ3v) is 3.93. The first-order valence-corrected chi connectivity index (χ1v) is 8.15. The first-order valence-electron chi connectivity index (χ1n) is 7.74. The molecule has 2 rings (SSSR count). The number of hydrazone groups is 1. The summed E-state index contributed by atoms with van der Waals surface area (Å²) in [4.78, 5) is 0. The number of fused-ring (bicyclic) bond motifs is 1. The average Bonchev–Trinajstić information content (AvgIpc) is 2.87. The molecule has 3 N–H and O–H groups in total. The number of nitrogens with zero attached hydrogens (tertiary/aromatic N) is 1. The molecule has 5 nitrogen and oxygen atoms in total. The Kier molecular flexibility index (Phi) is 6.29. The predicted octanol–water partition coefficient (Wildman–Crippen LogP) is 2.63. The van der Waals surface area contributed by atoms with Crippen LogP contribution in [0.15, 0.2) is 17.2 Å². The molecule has 1 aromatic rings. The fourth-order valence-electron chi connectivity index (χ4n) is 2.64. The standard InChI is InChI=1S/C16H22FN3O2S/c1-3-22-8-4-7-18-16(23)20-19-12-9-10(2)14-11(17)5-6-13(21)15(12)14/h5-6,10,21H,3-4,7-9H2,1-2H3,(H2,18,20,23)/b19-12+/t10-/m0/s1. The Morgan fingerprint density at radius 2 is 2.30 bits per heavy atom. The zero-order valence-corrected chi connectivity index (χ0v) is 14.2. The fourth-order valence-corrected chi connectivity index (χ4v) is 2.79. The Hall–Kier alpha value is -1.73. The normalized spacial score (nSPS) is 18.0. The van der Waals surface area contributed by atoms with E-state index in [0.29, 0.717) is 48.1 Å². The van der Waals surface area contributed by atoms with Crippen molar-refractivity contribution in [2.24, 2.45) is 5.10 Å². The van der Waals surface area contributed by atoms with Gasteiger partial charge in [-0.2, -0.15) is 5.10 Å². The van der Waals surface area contributed by atoms with Crippen molar-refractivity contribution < 1.29 is 14.2 Å². The zero-order chi connectivity index (χ0) is 16.8. The maximum absolute atomic E-state index is 13.9. The Labute approximate surface area is 140 Å². The molecule has 0 bridgehead atoms. The SMILES string of the molecule is CCOCCCNC(=S)N/N=C1\C[C@H](C)c2c(F)ccc(O)c21. The van der Waals surface area contributed by atoms with Gasteiger partial charge in [0, 0.05) is 30.9 Å². The molecule has 0 aromatic heterocycles. The van der Waals surface area contributed by atoms with E-state index in [1.807, 2.05) is 13.8 Å². The summed E-state index contributed by atoms with van der Waals surface area (Å²) < 4.78 is 19.2. The van der Waals surface area contributed by atoms with E-state index in [2.05, 4.69) is 15.8 Å². The van der Waals surface area contributed by atoms with Gasteiger partial charge in [0.05, 0.1) is 5.71 Å². The average molecular weight is 339 g/mol. The molecule has 0 saturated carbocycles. The van der Waals surface area contributed by atoms with Gasteiger partial charge < -0.3 is 15.2 Å². The van der Waals surface area contributed by atoms with Crippen LogP contribution in [0.5, 0.6) is 5.75 Å². The lowest BCUT2D eigenvalue weighted by Crippen LogP contribution is -2.33. The van der Waals surface area contributed by atoms with E-state index in [4.69, 9.17) is 17.0 Å². The molecule has 1 atom stereocenters. The van der Waals surface area contributed by atoms with Crippen LogP contribution < -0.4 is 10.7 Å². The van der Waals surface area contributed by atoms with E-state index >= 15 is 0 Å². The first-order chi connectivity index (χ1) is 11.0. The number of phenols is 1. The number of phenolic OH excluding ortho intramolecular Hbond substituents is 1. The molecule has 23 heavy (non-hydrogen) atoms. The van der Waals surface area contributed by atoms with Crippen LogP contribution in [0.4, 0.5) is 4.39 Å². The Morgan fingerprint density at radius 1 is 1.52 bits per heavy atom.